The second-order valence-electron chi connectivity index (χ2n) is 5.17. The Hall–Kier alpha value is -1.35. The van der Waals surface area contributed by atoms with Crippen molar-refractivity contribution < 1.29 is 4.79 Å². The second-order valence-corrected chi connectivity index (χ2v) is 5.17. The summed E-state index contributed by atoms with van der Waals surface area (Å²) in [5, 5.41) is 3.41. The van der Waals surface area contributed by atoms with Gasteiger partial charge in [-0.25, -0.2) is 0 Å². The van der Waals surface area contributed by atoms with Crippen molar-refractivity contribution in [2.24, 2.45) is 0 Å². The van der Waals surface area contributed by atoms with Crippen molar-refractivity contribution >= 4 is 12.0 Å². The lowest BCUT2D eigenvalue weighted by Crippen LogP contribution is -2.18. The molecule has 2 unspecified atom stereocenters. The molecule has 0 saturated heterocycles. The number of aldehydes is 1. The molecule has 0 amide bonds. The van der Waals surface area contributed by atoms with E-state index < -0.39 is 0 Å². The minimum absolute atomic E-state index is 0.160. The summed E-state index contributed by atoms with van der Waals surface area (Å²) in [7, 11) is 0. The molecule has 3 nitrogen and oxygen atoms in total. The third kappa shape index (κ3) is 2.41. The number of hydrogen-bond donors (Lipinski definition) is 2. The number of nitrogens with two attached hydrogens (primary N) is 1. The predicted octanol–water partition coefficient (Wildman–Crippen LogP) is 3.04. The molecule has 3 N–H and O–H groups in total. The van der Waals surface area contributed by atoms with E-state index in [0.29, 0.717) is 0 Å². The van der Waals surface area contributed by atoms with Gasteiger partial charge in [-0.3, -0.25) is 5.32 Å². The zero-order valence-corrected chi connectivity index (χ0v) is 11.2. The Labute approximate surface area is 109 Å². The molecule has 0 aromatic heterocycles. The molecule has 0 radical (unpaired) electrons. The van der Waals surface area contributed by atoms with Crippen LogP contribution in [0, 0.1) is 6.92 Å². The van der Waals surface area contributed by atoms with E-state index in [2.05, 4.69) is 12.2 Å². The number of rotatable bonds is 5. The molecule has 1 aromatic rings. The first-order chi connectivity index (χ1) is 8.67. The van der Waals surface area contributed by atoms with Crippen LogP contribution in [0.2, 0.25) is 0 Å². The van der Waals surface area contributed by atoms with E-state index in [-0.39, 0.29) is 12.1 Å². The Morgan fingerprint density at radius 2 is 2.17 bits per heavy atom. The van der Waals surface area contributed by atoms with E-state index in [4.69, 9.17) is 5.73 Å². The summed E-state index contributed by atoms with van der Waals surface area (Å²) in [5.41, 5.74) is 10.2. The van der Waals surface area contributed by atoms with Crippen LogP contribution in [0.25, 0.3) is 0 Å². The molecule has 0 saturated carbocycles. The van der Waals surface area contributed by atoms with Crippen LogP contribution in [-0.2, 0) is 4.79 Å². The SMILES string of the molecule is CCCCCC1NC(C=O)c2c(C)cc(N)cc21. The van der Waals surface area contributed by atoms with Crippen molar-refractivity contribution in [1.29, 1.82) is 0 Å². The lowest BCUT2D eigenvalue weighted by atomic mass is 9.94. The van der Waals surface area contributed by atoms with E-state index in [1.807, 2.05) is 19.1 Å². The molecular formula is C15H22N2O. The molecule has 1 aromatic carbocycles. The topological polar surface area (TPSA) is 55.1 Å². The average molecular weight is 246 g/mol. The van der Waals surface area contributed by atoms with Crippen molar-refractivity contribution in [2.75, 3.05) is 5.73 Å². The van der Waals surface area contributed by atoms with E-state index in [0.717, 1.165) is 29.5 Å². The van der Waals surface area contributed by atoms with Crippen molar-refractivity contribution in [3.8, 4) is 0 Å². The van der Waals surface area contributed by atoms with Crippen LogP contribution in [-0.4, -0.2) is 6.29 Å². The largest absolute Gasteiger partial charge is 0.399 e. The van der Waals surface area contributed by atoms with Crippen molar-refractivity contribution in [1.82, 2.24) is 5.32 Å². The van der Waals surface area contributed by atoms with Gasteiger partial charge in [0.15, 0.2) is 0 Å². The third-order valence-electron chi connectivity index (χ3n) is 3.74. The first kappa shape index (κ1) is 13.1. The van der Waals surface area contributed by atoms with Gasteiger partial charge >= 0.3 is 0 Å². The fourth-order valence-corrected chi connectivity index (χ4v) is 2.90. The Bertz CT molecular complexity index is 442. The molecular weight excluding hydrogens is 224 g/mol. The highest BCUT2D eigenvalue weighted by Gasteiger charge is 2.31. The summed E-state index contributed by atoms with van der Waals surface area (Å²) < 4.78 is 0. The van der Waals surface area contributed by atoms with Gasteiger partial charge in [0.1, 0.15) is 6.29 Å². The standard InChI is InChI=1S/C15H22N2O/c1-3-4-5-6-13-12-8-11(16)7-10(2)15(12)14(9-18)17-13/h7-9,13-14,17H,3-6,16H2,1-2H3. The van der Waals surface area contributed by atoms with E-state index in [1.54, 1.807) is 0 Å². The minimum Gasteiger partial charge on any atom is -0.399 e. The smallest absolute Gasteiger partial charge is 0.141 e. The lowest BCUT2D eigenvalue weighted by Gasteiger charge is -2.12. The summed E-state index contributed by atoms with van der Waals surface area (Å²) in [4.78, 5) is 11.2. The van der Waals surface area contributed by atoms with Crippen LogP contribution in [0.1, 0.15) is 61.4 Å². The summed E-state index contributed by atoms with van der Waals surface area (Å²) in [6, 6.07) is 4.09. The third-order valence-corrected chi connectivity index (χ3v) is 3.74. The number of aryl methyl sites for hydroxylation is 1. The molecule has 1 aliphatic rings. The molecule has 0 fully saturated rings. The fourth-order valence-electron chi connectivity index (χ4n) is 2.90. The summed E-state index contributed by atoms with van der Waals surface area (Å²) >= 11 is 0. The maximum Gasteiger partial charge on any atom is 0.141 e. The molecule has 98 valence electrons. The normalized spacial score (nSPS) is 21.9. The molecule has 0 bridgehead atoms. The van der Waals surface area contributed by atoms with Gasteiger partial charge < -0.3 is 10.5 Å². The summed E-state index contributed by atoms with van der Waals surface area (Å²) in [6.45, 7) is 4.23. The monoisotopic (exact) mass is 246 g/mol. The quantitative estimate of drug-likeness (QED) is 0.477. The molecule has 1 heterocycles. The predicted molar refractivity (Wildman–Crippen MR) is 74.4 cm³/mol. The fraction of sp³-hybridized carbons (Fsp3) is 0.533. The molecule has 1 aliphatic heterocycles. The number of hydrogen-bond acceptors (Lipinski definition) is 3. The number of carbonyl (C=O) groups is 1. The van der Waals surface area contributed by atoms with Crippen LogP contribution < -0.4 is 11.1 Å². The highest BCUT2D eigenvalue weighted by atomic mass is 16.1. The molecule has 18 heavy (non-hydrogen) atoms. The highest BCUT2D eigenvalue weighted by Crippen LogP contribution is 2.38. The van der Waals surface area contributed by atoms with Crippen LogP contribution in [0.3, 0.4) is 0 Å². The van der Waals surface area contributed by atoms with Crippen molar-refractivity contribution in [2.45, 2.75) is 51.6 Å². The highest BCUT2D eigenvalue weighted by molar-refractivity contribution is 5.68. The molecule has 0 spiro atoms. The second kappa shape index (κ2) is 5.53. The van der Waals surface area contributed by atoms with Crippen LogP contribution in [0.4, 0.5) is 5.69 Å². The van der Waals surface area contributed by atoms with Crippen molar-refractivity contribution in [3.05, 3.63) is 28.8 Å². The molecule has 3 heteroatoms. The van der Waals surface area contributed by atoms with Gasteiger partial charge in [0.05, 0.1) is 6.04 Å². The number of nitrogens with one attached hydrogen (secondary N) is 1. The van der Waals surface area contributed by atoms with Crippen LogP contribution in [0.5, 0.6) is 0 Å². The van der Waals surface area contributed by atoms with E-state index in [1.165, 1.54) is 24.8 Å². The maximum absolute atomic E-state index is 11.2. The minimum atomic E-state index is -0.160. The molecule has 2 atom stereocenters. The lowest BCUT2D eigenvalue weighted by molar-refractivity contribution is -0.109. The number of benzene rings is 1. The van der Waals surface area contributed by atoms with Crippen LogP contribution in [0.15, 0.2) is 12.1 Å². The van der Waals surface area contributed by atoms with E-state index >= 15 is 0 Å². The van der Waals surface area contributed by atoms with Gasteiger partial charge in [-0.15, -0.1) is 0 Å². The first-order valence-electron chi connectivity index (χ1n) is 6.78. The number of anilines is 1. The van der Waals surface area contributed by atoms with E-state index in [9.17, 15) is 4.79 Å². The molecule has 0 aliphatic carbocycles. The van der Waals surface area contributed by atoms with Crippen LogP contribution >= 0.6 is 0 Å². The van der Waals surface area contributed by atoms with Gasteiger partial charge in [0.25, 0.3) is 0 Å². The number of nitrogen functional groups attached to an aromatic ring is 1. The first-order valence-corrected chi connectivity index (χ1v) is 6.78. The van der Waals surface area contributed by atoms with Gasteiger partial charge in [-0.1, -0.05) is 26.2 Å². The van der Waals surface area contributed by atoms with Gasteiger partial charge in [0.2, 0.25) is 0 Å². The van der Waals surface area contributed by atoms with Gasteiger partial charge in [-0.05, 0) is 42.2 Å². The number of unbranched alkanes of at least 4 members (excludes halogenated alkanes) is 2. The van der Waals surface area contributed by atoms with Gasteiger partial charge in [-0.2, -0.15) is 0 Å². The summed E-state index contributed by atoms with van der Waals surface area (Å²) in [5.74, 6) is 0. The molecule has 2 rings (SSSR count). The Morgan fingerprint density at radius 3 is 2.83 bits per heavy atom. The average Bonchev–Trinajstić information content (AvgIpc) is 2.68. The van der Waals surface area contributed by atoms with Crippen molar-refractivity contribution in [3.63, 3.8) is 0 Å². The summed E-state index contributed by atoms with van der Waals surface area (Å²) in [6.07, 6.45) is 5.72. The van der Waals surface area contributed by atoms with Gasteiger partial charge in [0, 0.05) is 11.7 Å². The zero-order valence-electron chi connectivity index (χ0n) is 11.2. The Kier molecular flexibility index (Phi) is 4.02. The Morgan fingerprint density at radius 1 is 1.39 bits per heavy atom. The zero-order chi connectivity index (χ0) is 13.1. The Balaban J connectivity index is 2.26. The maximum atomic E-state index is 11.2. The number of fused-ring (bicyclic) bond motifs is 1. The number of carbonyl (C=O) groups excluding carboxylic acids is 1.